The van der Waals surface area contributed by atoms with Gasteiger partial charge in [0.15, 0.2) is 4.77 Å². The number of nitrogens with zero attached hydrogens (tertiary/aromatic N) is 3. The first-order chi connectivity index (χ1) is 14.2. The molecule has 1 aliphatic rings. The molecule has 8 nitrogen and oxygen atoms in total. The topological polar surface area (TPSA) is 87.2 Å². The van der Waals surface area contributed by atoms with Gasteiger partial charge >= 0.3 is 6.03 Å². The predicted octanol–water partition coefficient (Wildman–Crippen LogP) is 3.64. The highest BCUT2D eigenvalue weighted by Gasteiger charge is 2.24. The molecule has 2 unspecified atom stereocenters. The van der Waals surface area contributed by atoms with Crippen molar-refractivity contribution in [2.24, 2.45) is 0 Å². The number of ether oxygens (including phenoxy) is 1. The monoisotopic (exact) mass is 436 g/mol. The van der Waals surface area contributed by atoms with Crippen molar-refractivity contribution in [1.29, 1.82) is 0 Å². The summed E-state index contributed by atoms with van der Waals surface area (Å²) in [4.78, 5) is 14.2. The maximum absolute atomic E-state index is 14.7. The Labute approximate surface area is 180 Å². The first kappa shape index (κ1) is 22.2. The standard InChI is InChI=1S/C20H29FN6O2S/c1-12(2)18-24-25-20(30)27(18)8-7-22-19(28)23-15-5-6-17(16(21)9-15)26-10-13(3)29-14(4)11-26/h5-6,9,12-14H,7-8,10-11H2,1-4H3,(H,25,30)(H2,22,23,28). The summed E-state index contributed by atoms with van der Waals surface area (Å²) in [6.07, 6.45) is 0.0772. The fourth-order valence-corrected chi connectivity index (χ4v) is 3.89. The van der Waals surface area contributed by atoms with Crippen LogP contribution in [-0.2, 0) is 11.3 Å². The number of halogens is 1. The van der Waals surface area contributed by atoms with Crippen molar-refractivity contribution in [2.45, 2.75) is 52.4 Å². The van der Waals surface area contributed by atoms with Gasteiger partial charge in [0.05, 0.1) is 17.9 Å². The normalized spacial score (nSPS) is 19.2. The number of anilines is 2. The van der Waals surface area contributed by atoms with Crippen molar-refractivity contribution in [3.05, 3.63) is 34.6 Å². The van der Waals surface area contributed by atoms with E-state index in [2.05, 4.69) is 20.8 Å². The molecule has 2 heterocycles. The Balaban J connectivity index is 1.55. The van der Waals surface area contributed by atoms with E-state index in [4.69, 9.17) is 17.0 Å². The van der Waals surface area contributed by atoms with Crippen LogP contribution in [0.4, 0.5) is 20.6 Å². The predicted molar refractivity (Wildman–Crippen MR) is 117 cm³/mol. The Bertz CT molecular complexity index is 934. The molecular formula is C20H29FN6O2S. The summed E-state index contributed by atoms with van der Waals surface area (Å²) in [7, 11) is 0. The largest absolute Gasteiger partial charge is 0.372 e. The quantitative estimate of drug-likeness (QED) is 0.602. The molecule has 2 amide bonds. The molecule has 3 rings (SSSR count). The van der Waals surface area contributed by atoms with Gasteiger partial charge in [-0.15, -0.1) is 0 Å². The van der Waals surface area contributed by atoms with Gasteiger partial charge in [0.25, 0.3) is 0 Å². The third-order valence-corrected chi connectivity index (χ3v) is 5.20. The molecule has 0 aliphatic carbocycles. The van der Waals surface area contributed by atoms with E-state index in [9.17, 15) is 9.18 Å². The van der Waals surface area contributed by atoms with Gasteiger partial charge in [-0.25, -0.2) is 9.18 Å². The van der Waals surface area contributed by atoms with Gasteiger partial charge in [0, 0.05) is 37.8 Å². The number of aromatic amines is 1. The molecule has 1 saturated heterocycles. The highest BCUT2D eigenvalue weighted by atomic mass is 32.1. The summed E-state index contributed by atoms with van der Waals surface area (Å²) in [5.74, 6) is 0.678. The molecule has 0 bridgehead atoms. The van der Waals surface area contributed by atoms with Crippen molar-refractivity contribution in [2.75, 3.05) is 29.9 Å². The molecule has 10 heteroatoms. The molecule has 2 atom stereocenters. The minimum Gasteiger partial charge on any atom is -0.372 e. The zero-order chi connectivity index (χ0) is 21.8. The molecule has 1 aromatic heterocycles. The minimum absolute atomic E-state index is 0.0386. The van der Waals surface area contributed by atoms with E-state index in [0.717, 1.165) is 5.82 Å². The third kappa shape index (κ3) is 5.37. The lowest BCUT2D eigenvalue weighted by molar-refractivity contribution is -0.00539. The van der Waals surface area contributed by atoms with E-state index in [1.807, 2.05) is 37.2 Å². The maximum Gasteiger partial charge on any atom is 0.319 e. The van der Waals surface area contributed by atoms with Crippen LogP contribution in [0, 0.1) is 10.6 Å². The molecule has 30 heavy (non-hydrogen) atoms. The Morgan fingerprint density at radius 3 is 2.70 bits per heavy atom. The number of aromatic nitrogens is 3. The average Bonchev–Trinajstić information content (AvgIpc) is 3.02. The van der Waals surface area contributed by atoms with Crippen LogP contribution in [0.5, 0.6) is 0 Å². The van der Waals surface area contributed by atoms with Gasteiger partial charge in [0.2, 0.25) is 0 Å². The van der Waals surface area contributed by atoms with E-state index < -0.39 is 6.03 Å². The van der Waals surface area contributed by atoms with Crippen LogP contribution in [0.1, 0.15) is 39.4 Å². The Hall–Kier alpha value is -2.46. The molecule has 1 fully saturated rings. The third-order valence-electron chi connectivity index (χ3n) is 4.89. The van der Waals surface area contributed by atoms with Gasteiger partial charge in [-0.2, -0.15) is 5.10 Å². The van der Waals surface area contributed by atoms with Gasteiger partial charge in [0.1, 0.15) is 11.6 Å². The second kappa shape index (κ2) is 9.57. The van der Waals surface area contributed by atoms with Crippen molar-refractivity contribution in [1.82, 2.24) is 20.1 Å². The first-order valence-electron chi connectivity index (χ1n) is 10.1. The van der Waals surface area contributed by atoms with Crippen LogP contribution >= 0.6 is 12.2 Å². The molecule has 164 valence electrons. The zero-order valence-corrected chi connectivity index (χ0v) is 18.6. The molecule has 0 spiro atoms. The average molecular weight is 437 g/mol. The zero-order valence-electron chi connectivity index (χ0n) is 17.7. The van der Waals surface area contributed by atoms with E-state index in [1.54, 1.807) is 12.1 Å². The summed E-state index contributed by atoms with van der Waals surface area (Å²) in [6.45, 7) is 10.1. The second-order valence-electron chi connectivity index (χ2n) is 7.90. The number of carbonyl (C=O) groups excluding carboxylic acids is 1. The molecule has 3 N–H and O–H groups in total. The summed E-state index contributed by atoms with van der Waals surface area (Å²) >= 11 is 5.23. The summed E-state index contributed by atoms with van der Waals surface area (Å²) in [5, 5.41) is 12.4. The Morgan fingerprint density at radius 1 is 1.37 bits per heavy atom. The van der Waals surface area contributed by atoms with Gasteiger partial charge in [-0.05, 0) is 44.3 Å². The minimum atomic E-state index is -0.406. The lowest BCUT2D eigenvalue weighted by Gasteiger charge is -2.37. The van der Waals surface area contributed by atoms with Gasteiger partial charge in [-0.1, -0.05) is 13.8 Å². The number of H-pyrrole nitrogens is 1. The molecule has 0 radical (unpaired) electrons. The summed E-state index contributed by atoms with van der Waals surface area (Å²) in [5.41, 5.74) is 0.907. The molecule has 0 saturated carbocycles. The fraction of sp³-hybridized carbons (Fsp3) is 0.550. The summed E-state index contributed by atoms with van der Waals surface area (Å²) < 4.78 is 22.7. The van der Waals surface area contributed by atoms with Gasteiger partial charge in [-0.3, -0.25) is 5.10 Å². The van der Waals surface area contributed by atoms with Crippen LogP contribution in [0.2, 0.25) is 0 Å². The number of benzene rings is 1. The van der Waals surface area contributed by atoms with E-state index in [1.165, 1.54) is 6.07 Å². The smallest absolute Gasteiger partial charge is 0.319 e. The van der Waals surface area contributed by atoms with Crippen LogP contribution in [0.25, 0.3) is 0 Å². The van der Waals surface area contributed by atoms with Crippen molar-refractivity contribution < 1.29 is 13.9 Å². The first-order valence-corrected chi connectivity index (χ1v) is 10.5. The maximum atomic E-state index is 14.7. The summed E-state index contributed by atoms with van der Waals surface area (Å²) in [6, 6.07) is 4.32. The molecular weight excluding hydrogens is 407 g/mol. The lowest BCUT2D eigenvalue weighted by atomic mass is 10.2. The number of hydrogen-bond acceptors (Lipinski definition) is 5. The van der Waals surface area contributed by atoms with Gasteiger partial charge < -0.3 is 24.8 Å². The van der Waals surface area contributed by atoms with Crippen molar-refractivity contribution in [3.63, 3.8) is 0 Å². The highest BCUT2D eigenvalue weighted by molar-refractivity contribution is 7.71. The van der Waals surface area contributed by atoms with Crippen molar-refractivity contribution in [3.8, 4) is 0 Å². The van der Waals surface area contributed by atoms with Crippen LogP contribution in [0.15, 0.2) is 18.2 Å². The molecule has 1 aromatic carbocycles. The highest BCUT2D eigenvalue weighted by Crippen LogP contribution is 2.26. The van der Waals surface area contributed by atoms with E-state index in [-0.39, 0.29) is 23.9 Å². The number of urea groups is 1. The number of rotatable bonds is 6. The van der Waals surface area contributed by atoms with Crippen molar-refractivity contribution >= 4 is 29.6 Å². The fourth-order valence-electron chi connectivity index (χ4n) is 3.66. The number of morpholine rings is 1. The Kier molecular flexibility index (Phi) is 7.09. The SMILES string of the molecule is CC1CN(c2ccc(NC(=O)NCCn3c(C(C)C)n[nH]c3=S)cc2F)CC(C)O1. The Morgan fingerprint density at radius 2 is 2.07 bits per heavy atom. The number of hydrogen-bond donors (Lipinski definition) is 3. The van der Waals surface area contributed by atoms with E-state index >= 15 is 0 Å². The molecule has 2 aromatic rings. The number of carbonyl (C=O) groups is 1. The van der Waals surface area contributed by atoms with Crippen LogP contribution < -0.4 is 15.5 Å². The number of nitrogens with one attached hydrogen (secondary N) is 3. The van der Waals surface area contributed by atoms with E-state index in [0.29, 0.717) is 42.3 Å². The lowest BCUT2D eigenvalue weighted by Crippen LogP contribution is -2.45. The number of amides is 2. The second-order valence-corrected chi connectivity index (χ2v) is 8.29. The van der Waals surface area contributed by atoms with Crippen LogP contribution in [-0.4, -0.2) is 52.6 Å². The van der Waals surface area contributed by atoms with Crippen LogP contribution in [0.3, 0.4) is 0 Å². The molecule has 1 aliphatic heterocycles.